The third-order valence-electron chi connectivity index (χ3n) is 4.14. The highest BCUT2D eigenvalue weighted by atomic mass is 32.2. The summed E-state index contributed by atoms with van der Waals surface area (Å²) in [7, 11) is -3.74. The van der Waals surface area contributed by atoms with E-state index in [1.165, 1.54) is 12.1 Å². The van der Waals surface area contributed by atoms with Crippen molar-refractivity contribution >= 4 is 15.9 Å². The Kier molecular flexibility index (Phi) is 5.96. The molecule has 0 heterocycles. The smallest absolute Gasteiger partial charge is 0.247 e. The summed E-state index contributed by atoms with van der Waals surface area (Å²) < 4.78 is 23.0. The average Bonchev–Trinajstić information content (AvgIpc) is 2.81. The molecule has 0 fully saturated rings. The zero-order chi connectivity index (χ0) is 16.9. The van der Waals surface area contributed by atoms with Gasteiger partial charge in [0.2, 0.25) is 15.9 Å². The van der Waals surface area contributed by atoms with E-state index in [2.05, 4.69) is 5.32 Å². The lowest BCUT2D eigenvalue weighted by atomic mass is 10.0. The Hall–Kier alpha value is -1.66. The normalized spacial score (nSPS) is 17.0. The highest BCUT2D eigenvalue weighted by Crippen LogP contribution is 2.22. The van der Waals surface area contributed by atoms with Gasteiger partial charge in [0.1, 0.15) is 0 Å². The molecule has 1 aromatic rings. The Bertz CT molecular complexity index is 696. The van der Waals surface area contributed by atoms with Crippen molar-refractivity contribution in [2.24, 2.45) is 5.14 Å². The molecule has 1 aliphatic rings. The van der Waals surface area contributed by atoms with Crippen LogP contribution in [0, 0.1) is 0 Å². The van der Waals surface area contributed by atoms with Crippen LogP contribution in [0.5, 0.6) is 0 Å². The van der Waals surface area contributed by atoms with Gasteiger partial charge in [0.25, 0.3) is 0 Å². The standard InChI is InChI=1S/C17H24N2O3S/c1-2-16(14-10-7-11-15(12-14)23(18,21)22)19-17(20)13-8-5-3-4-6-9-13/h7-8,10-12,16H,2-6,9H2,1H3,(H,19,20)(H2,18,21,22)/t16-/m0/s1. The summed E-state index contributed by atoms with van der Waals surface area (Å²) in [5.41, 5.74) is 1.59. The molecule has 126 valence electrons. The molecule has 0 spiro atoms. The lowest BCUT2D eigenvalue weighted by Crippen LogP contribution is -2.29. The Balaban J connectivity index is 2.16. The summed E-state index contributed by atoms with van der Waals surface area (Å²) in [6.07, 6.45) is 7.77. The van der Waals surface area contributed by atoms with Crippen LogP contribution < -0.4 is 10.5 Å². The van der Waals surface area contributed by atoms with Gasteiger partial charge in [-0.1, -0.05) is 31.6 Å². The largest absolute Gasteiger partial charge is 0.346 e. The van der Waals surface area contributed by atoms with Crippen molar-refractivity contribution in [3.8, 4) is 0 Å². The number of primary sulfonamides is 1. The number of benzene rings is 1. The second-order valence-electron chi connectivity index (χ2n) is 5.88. The number of hydrogen-bond acceptors (Lipinski definition) is 3. The number of rotatable bonds is 5. The van der Waals surface area contributed by atoms with E-state index in [4.69, 9.17) is 5.14 Å². The molecule has 0 saturated carbocycles. The number of nitrogens with one attached hydrogen (secondary N) is 1. The van der Waals surface area contributed by atoms with Crippen molar-refractivity contribution < 1.29 is 13.2 Å². The fourth-order valence-electron chi connectivity index (χ4n) is 2.80. The lowest BCUT2D eigenvalue weighted by molar-refractivity contribution is -0.118. The zero-order valence-electron chi connectivity index (χ0n) is 13.4. The molecule has 0 aliphatic heterocycles. The van der Waals surface area contributed by atoms with E-state index in [0.29, 0.717) is 6.42 Å². The van der Waals surface area contributed by atoms with Crippen LogP contribution in [-0.4, -0.2) is 14.3 Å². The number of nitrogens with two attached hydrogens (primary N) is 1. The van der Waals surface area contributed by atoms with E-state index < -0.39 is 10.0 Å². The van der Waals surface area contributed by atoms with Gasteiger partial charge < -0.3 is 5.32 Å². The van der Waals surface area contributed by atoms with Crippen LogP contribution in [0.15, 0.2) is 40.8 Å². The molecule has 1 aliphatic carbocycles. The molecular formula is C17H24N2O3S. The SMILES string of the molecule is CC[C@H](NC(=O)C1=CCCCCC1)c1cccc(S(N)(=O)=O)c1. The van der Waals surface area contributed by atoms with Crippen molar-refractivity contribution in [2.75, 3.05) is 0 Å². The van der Waals surface area contributed by atoms with Crippen molar-refractivity contribution in [1.29, 1.82) is 0 Å². The van der Waals surface area contributed by atoms with Crippen molar-refractivity contribution in [1.82, 2.24) is 5.32 Å². The van der Waals surface area contributed by atoms with Crippen LogP contribution >= 0.6 is 0 Å². The molecule has 0 aromatic heterocycles. The Morgan fingerprint density at radius 1 is 1.30 bits per heavy atom. The highest BCUT2D eigenvalue weighted by molar-refractivity contribution is 7.89. The van der Waals surface area contributed by atoms with E-state index in [9.17, 15) is 13.2 Å². The van der Waals surface area contributed by atoms with Crippen LogP contribution in [0.1, 0.15) is 57.1 Å². The van der Waals surface area contributed by atoms with E-state index in [1.54, 1.807) is 6.07 Å². The van der Waals surface area contributed by atoms with Crippen LogP contribution in [0.2, 0.25) is 0 Å². The monoisotopic (exact) mass is 336 g/mol. The van der Waals surface area contributed by atoms with E-state index in [1.807, 2.05) is 19.1 Å². The number of carbonyl (C=O) groups is 1. The third-order valence-corrected chi connectivity index (χ3v) is 5.05. The number of hydrogen-bond donors (Lipinski definition) is 2. The van der Waals surface area contributed by atoms with Gasteiger partial charge in [-0.2, -0.15) is 0 Å². The van der Waals surface area contributed by atoms with Gasteiger partial charge >= 0.3 is 0 Å². The first-order chi connectivity index (χ1) is 10.9. The summed E-state index contributed by atoms with van der Waals surface area (Å²) in [6.45, 7) is 1.95. The summed E-state index contributed by atoms with van der Waals surface area (Å²) in [6, 6.07) is 6.22. The van der Waals surface area contributed by atoms with E-state index in [0.717, 1.165) is 43.2 Å². The third kappa shape index (κ3) is 4.91. The minimum atomic E-state index is -3.74. The van der Waals surface area contributed by atoms with Gasteiger partial charge in [-0.05, 0) is 49.8 Å². The summed E-state index contributed by atoms with van der Waals surface area (Å²) in [5, 5.41) is 8.19. The number of carbonyl (C=O) groups excluding carboxylic acids is 1. The van der Waals surface area contributed by atoms with Crippen molar-refractivity contribution in [2.45, 2.75) is 56.4 Å². The van der Waals surface area contributed by atoms with Crippen molar-refractivity contribution in [3.05, 3.63) is 41.5 Å². The molecule has 6 heteroatoms. The Morgan fingerprint density at radius 3 is 2.78 bits per heavy atom. The highest BCUT2D eigenvalue weighted by Gasteiger charge is 2.18. The molecule has 1 atom stereocenters. The fourth-order valence-corrected chi connectivity index (χ4v) is 3.37. The van der Waals surface area contributed by atoms with E-state index in [-0.39, 0.29) is 16.8 Å². The van der Waals surface area contributed by atoms with Gasteiger partial charge in [0, 0.05) is 5.57 Å². The molecule has 3 N–H and O–H groups in total. The molecule has 1 aromatic carbocycles. The maximum absolute atomic E-state index is 12.5. The molecule has 23 heavy (non-hydrogen) atoms. The van der Waals surface area contributed by atoms with Crippen LogP contribution in [-0.2, 0) is 14.8 Å². The molecule has 0 saturated heterocycles. The molecule has 0 unspecified atom stereocenters. The first kappa shape index (κ1) is 17.7. The maximum Gasteiger partial charge on any atom is 0.247 e. The lowest BCUT2D eigenvalue weighted by Gasteiger charge is -2.19. The predicted octanol–water partition coefficient (Wildman–Crippen LogP) is 2.79. The van der Waals surface area contributed by atoms with Gasteiger partial charge in [-0.15, -0.1) is 0 Å². The molecular weight excluding hydrogens is 312 g/mol. The predicted molar refractivity (Wildman–Crippen MR) is 90.2 cm³/mol. The van der Waals surface area contributed by atoms with E-state index >= 15 is 0 Å². The van der Waals surface area contributed by atoms with Crippen LogP contribution in [0.25, 0.3) is 0 Å². The summed E-state index contributed by atoms with van der Waals surface area (Å²) in [5.74, 6) is -0.0558. The van der Waals surface area contributed by atoms with Gasteiger partial charge in [0.15, 0.2) is 0 Å². The zero-order valence-corrected chi connectivity index (χ0v) is 14.2. The molecule has 1 amide bonds. The fraction of sp³-hybridized carbons (Fsp3) is 0.471. The molecule has 5 nitrogen and oxygen atoms in total. The minimum absolute atomic E-state index is 0.0558. The second-order valence-corrected chi connectivity index (χ2v) is 7.44. The quantitative estimate of drug-likeness (QED) is 0.866. The van der Waals surface area contributed by atoms with Gasteiger partial charge in [0.05, 0.1) is 10.9 Å². The second kappa shape index (κ2) is 7.75. The summed E-state index contributed by atoms with van der Waals surface area (Å²) in [4.78, 5) is 12.5. The first-order valence-corrected chi connectivity index (χ1v) is 9.59. The number of allylic oxidation sites excluding steroid dienone is 1. The van der Waals surface area contributed by atoms with Crippen LogP contribution in [0.3, 0.4) is 0 Å². The maximum atomic E-state index is 12.5. The van der Waals surface area contributed by atoms with Gasteiger partial charge in [-0.3, -0.25) is 4.79 Å². The average molecular weight is 336 g/mol. The first-order valence-electron chi connectivity index (χ1n) is 8.04. The molecule has 0 radical (unpaired) electrons. The Labute approximate surface area is 138 Å². The number of sulfonamides is 1. The number of amides is 1. The Morgan fingerprint density at radius 2 is 2.09 bits per heavy atom. The van der Waals surface area contributed by atoms with Crippen LogP contribution in [0.4, 0.5) is 0 Å². The topological polar surface area (TPSA) is 89.3 Å². The summed E-state index contributed by atoms with van der Waals surface area (Å²) >= 11 is 0. The minimum Gasteiger partial charge on any atom is -0.346 e. The molecule has 0 bridgehead atoms. The van der Waals surface area contributed by atoms with Crippen molar-refractivity contribution in [3.63, 3.8) is 0 Å². The molecule has 2 rings (SSSR count). The van der Waals surface area contributed by atoms with Gasteiger partial charge in [-0.25, -0.2) is 13.6 Å².